The third-order valence-electron chi connectivity index (χ3n) is 5.31. The molecule has 0 aliphatic carbocycles. The number of piperidine rings is 1. The van der Waals surface area contributed by atoms with Gasteiger partial charge in [-0.1, -0.05) is 13.8 Å². The third-order valence-corrected chi connectivity index (χ3v) is 5.31. The van der Waals surface area contributed by atoms with Gasteiger partial charge in [0.25, 0.3) is 0 Å². The van der Waals surface area contributed by atoms with Gasteiger partial charge in [0.2, 0.25) is 0 Å². The molecule has 2 heterocycles. The van der Waals surface area contributed by atoms with E-state index in [1.54, 1.807) is 0 Å². The number of rotatable bonds is 5. The van der Waals surface area contributed by atoms with Crippen molar-refractivity contribution in [1.29, 1.82) is 0 Å². The lowest BCUT2D eigenvalue weighted by Gasteiger charge is -2.47. The molecule has 118 valence electrons. The van der Waals surface area contributed by atoms with Gasteiger partial charge >= 0.3 is 0 Å². The van der Waals surface area contributed by atoms with Gasteiger partial charge in [0.15, 0.2) is 0 Å². The highest BCUT2D eigenvalue weighted by Crippen LogP contribution is 2.22. The van der Waals surface area contributed by atoms with Crippen LogP contribution in [0.25, 0.3) is 0 Å². The molecule has 2 saturated heterocycles. The Morgan fingerprint density at radius 2 is 1.70 bits per heavy atom. The molecule has 0 spiro atoms. The fourth-order valence-corrected chi connectivity index (χ4v) is 4.09. The minimum Gasteiger partial charge on any atom is -0.303 e. The van der Waals surface area contributed by atoms with Crippen LogP contribution in [0, 0.1) is 0 Å². The van der Waals surface area contributed by atoms with Gasteiger partial charge < -0.3 is 4.90 Å². The fraction of sp³-hybridized carbons (Fsp3) is 1.00. The molecule has 2 fully saturated rings. The van der Waals surface area contributed by atoms with Crippen molar-refractivity contribution in [3.63, 3.8) is 0 Å². The lowest BCUT2D eigenvalue weighted by Crippen LogP contribution is -2.58. The molecule has 3 heteroatoms. The Bertz CT molecular complexity index is 271. The van der Waals surface area contributed by atoms with Gasteiger partial charge in [-0.3, -0.25) is 9.80 Å². The summed E-state index contributed by atoms with van der Waals surface area (Å²) in [7, 11) is 0. The SMILES string of the molecule is CCCN1CCC(N2CCN(C(C)C)C(CC)C2)CC1. The van der Waals surface area contributed by atoms with E-state index in [2.05, 4.69) is 42.4 Å². The van der Waals surface area contributed by atoms with Gasteiger partial charge in [-0.15, -0.1) is 0 Å². The van der Waals surface area contributed by atoms with E-state index >= 15 is 0 Å². The van der Waals surface area contributed by atoms with E-state index in [1.807, 2.05) is 0 Å². The van der Waals surface area contributed by atoms with Crippen LogP contribution in [-0.2, 0) is 0 Å². The maximum Gasteiger partial charge on any atom is 0.0223 e. The van der Waals surface area contributed by atoms with Gasteiger partial charge in [0, 0.05) is 37.8 Å². The lowest BCUT2D eigenvalue weighted by molar-refractivity contribution is 0.00992. The molecule has 20 heavy (non-hydrogen) atoms. The first-order valence-electron chi connectivity index (χ1n) is 8.87. The zero-order valence-corrected chi connectivity index (χ0v) is 14.1. The second-order valence-electron chi connectivity index (χ2n) is 6.96. The Balaban J connectivity index is 1.83. The molecule has 2 aliphatic rings. The maximum absolute atomic E-state index is 2.80. The van der Waals surface area contributed by atoms with Gasteiger partial charge in [0.05, 0.1) is 0 Å². The first kappa shape index (κ1) is 16.3. The summed E-state index contributed by atoms with van der Waals surface area (Å²) < 4.78 is 0. The zero-order valence-electron chi connectivity index (χ0n) is 14.1. The van der Waals surface area contributed by atoms with E-state index in [-0.39, 0.29) is 0 Å². The molecule has 0 N–H and O–H groups in total. The van der Waals surface area contributed by atoms with E-state index in [0.29, 0.717) is 6.04 Å². The van der Waals surface area contributed by atoms with Crippen LogP contribution in [0.4, 0.5) is 0 Å². The van der Waals surface area contributed by atoms with Crippen molar-refractivity contribution in [3.8, 4) is 0 Å². The second kappa shape index (κ2) is 7.77. The van der Waals surface area contributed by atoms with Crippen LogP contribution in [0.15, 0.2) is 0 Å². The summed E-state index contributed by atoms with van der Waals surface area (Å²) in [5.41, 5.74) is 0. The molecule has 0 saturated carbocycles. The van der Waals surface area contributed by atoms with Crippen molar-refractivity contribution in [2.75, 3.05) is 39.3 Å². The lowest BCUT2D eigenvalue weighted by atomic mass is 9.99. The number of hydrogen-bond donors (Lipinski definition) is 0. The average molecular weight is 281 g/mol. The van der Waals surface area contributed by atoms with Crippen molar-refractivity contribution in [3.05, 3.63) is 0 Å². The van der Waals surface area contributed by atoms with Gasteiger partial charge in [0.1, 0.15) is 0 Å². The van der Waals surface area contributed by atoms with E-state index in [4.69, 9.17) is 0 Å². The zero-order chi connectivity index (χ0) is 14.5. The standard InChI is InChI=1S/C17H35N3/c1-5-9-18-10-7-17(8-11-18)19-12-13-20(15(3)4)16(6-2)14-19/h15-17H,5-14H2,1-4H3. The third kappa shape index (κ3) is 3.96. The minimum atomic E-state index is 0.702. The molecule has 3 nitrogen and oxygen atoms in total. The predicted molar refractivity (Wildman–Crippen MR) is 87.2 cm³/mol. The van der Waals surface area contributed by atoms with E-state index < -0.39 is 0 Å². The van der Waals surface area contributed by atoms with Gasteiger partial charge in [-0.25, -0.2) is 0 Å². The van der Waals surface area contributed by atoms with Crippen LogP contribution in [-0.4, -0.2) is 72.1 Å². The van der Waals surface area contributed by atoms with Crippen molar-refractivity contribution in [2.24, 2.45) is 0 Å². The molecular weight excluding hydrogens is 246 g/mol. The highest BCUT2D eigenvalue weighted by Gasteiger charge is 2.32. The molecule has 0 aromatic rings. The smallest absolute Gasteiger partial charge is 0.0223 e. The summed E-state index contributed by atoms with van der Waals surface area (Å²) in [6.45, 7) is 17.1. The van der Waals surface area contributed by atoms with E-state index in [9.17, 15) is 0 Å². The van der Waals surface area contributed by atoms with Crippen molar-refractivity contribution < 1.29 is 0 Å². The van der Waals surface area contributed by atoms with Crippen LogP contribution in [0.2, 0.25) is 0 Å². The Hall–Kier alpha value is -0.120. The minimum absolute atomic E-state index is 0.702. The highest BCUT2D eigenvalue weighted by atomic mass is 15.3. The first-order chi connectivity index (χ1) is 9.65. The maximum atomic E-state index is 2.80. The fourth-order valence-electron chi connectivity index (χ4n) is 4.09. The van der Waals surface area contributed by atoms with Crippen LogP contribution in [0.5, 0.6) is 0 Å². The summed E-state index contributed by atoms with van der Waals surface area (Å²) in [6.07, 6.45) is 5.37. The van der Waals surface area contributed by atoms with Crippen LogP contribution < -0.4 is 0 Å². The molecule has 2 rings (SSSR count). The molecule has 0 amide bonds. The topological polar surface area (TPSA) is 9.72 Å². The van der Waals surface area contributed by atoms with Gasteiger partial charge in [-0.05, 0) is 59.2 Å². The summed E-state index contributed by atoms with van der Waals surface area (Å²) >= 11 is 0. The molecule has 0 aromatic carbocycles. The monoisotopic (exact) mass is 281 g/mol. The molecular formula is C17H35N3. The number of hydrogen-bond acceptors (Lipinski definition) is 3. The largest absolute Gasteiger partial charge is 0.303 e. The summed E-state index contributed by atoms with van der Waals surface area (Å²) in [5, 5.41) is 0. The Labute approximate surface area is 126 Å². The molecule has 0 radical (unpaired) electrons. The summed E-state index contributed by atoms with van der Waals surface area (Å²) in [5.74, 6) is 0. The molecule has 2 aliphatic heterocycles. The second-order valence-corrected chi connectivity index (χ2v) is 6.96. The quantitative estimate of drug-likeness (QED) is 0.767. The molecule has 1 atom stereocenters. The normalized spacial score (nSPS) is 28.4. The van der Waals surface area contributed by atoms with Crippen LogP contribution >= 0.6 is 0 Å². The first-order valence-corrected chi connectivity index (χ1v) is 8.87. The Morgan fingerprint density at radius 3 is 2.25 bits per heavy atom. The predicted octanol–water partition coefficient (Wildman–Crippen LogP) is 2.67. The van der Waals surface area contributed by atoms with E-state index in [0.717, 1.165) is 12.1 Å². The highest BCUT2D eigenvalue weighted by molar-refractivity contribution is 4.88. The van der Waals surface area contributed by atoms with Crippen LogP contribution in [0.3, 0.4) is 0 Å². The molecule has 0 aromatic heterocycles. The Kier molecular flexibility index (Phi) is 6.31. The van der Waals surface area contributed by atoms with Crippen molar-refractivity contribution in [2.45, 2.75) is 71.5 Å². The average Bonchev–Trinajstić information content (AvgIpc) is 2.47. The molecule has 0 bridgehead atoms. The van der Waals surface area contributed by atoms with Crippen molar-refractivity contribution >= 4 is 0 Å². The summed E-state index contributed by atoms with van der Waals surface area (Å²) in [4.78, 5) is 8.16. The number of nitrogens with zero attached hydrogens (tertiary/aromatic N) is 3. The number of likely N-dealkylation sites (tertiary alicyclic amines) is 1. The Morgan fingerprint density at radius 1 is 1.00 bits per heavy atom. The summed E-state index contributed by atoms with van der Waals surface area (Å²) in [6, 6.07) is 2.33. The van der Waals surface area contributed by atoms with Crippen molar-refractivity contribution in [1.82, 2.24) is 14.7 Å². The van der Waals surface area contributed by atoms with E-state index in [1.165, 1.54) is 65.0 Å². The molecule has 1 unspecified atom stereocenters. The number of piperazine rings is 1. The van der Waals surface area contributed by atoms with Crippen LogP contribution in [0.1, 0.15) is 53.4 Å². The van der Waals surface area contributed by atoms with Gasteiger partial charge in [-0.2, -0.15) is 0 Å².